The van der Waals surface area contributed by atoms with E-state index in [-0.39, 0.29) is 29.7 Å². The highest BCUT2D eigenvalue weighted by Gasteiger charge is 2.03. The van der Waals surface area contributed by atoms with Gasteiger partial charge in [0.15, 0.2) is 5.96 Å². The quantitative estimate of drug-likeness (QED) is 0.399. The van der Waals surface area contributed by atoms with E-state index in [1.165, 1.54) is 6.26 Å². The molecule has 21 heavy (non-hydrogen) atoms. The van der Waals surface area contributed by atoms with Crippen LogP contribution < -0.4 is 10.6 Å². The van der Waals surface area contributed by atoms with Crippen molar-refractivity contribution in [3.05, 3.63) is 34.9 Å². The fraction of sp³-hybridized carbons (Fsp3) is 0.462. The molecule has 0 fully saturated rings. The summed E-state index contributed by atoms with van der Waals surface area (Å²) in [6.45, 7) is 3.41. The molecule has 0 unspecified atom stereocenters. The summed E-state index contributed by atoms with van der Waals surface area (Å²) in [7, 11) is -2.97. The number of guanidine groups is 1. The Hall–Kier alpha value is -0.540. The molecule has 8 heteroatoms. The molecule has 0 aliphatic rings. The Morgan fingerprint density at radius 2 is 1.95 bits per heavy atom. The highest BCUT2D eigenvalue weighted by molar-refractivity contribution is 14.0. The van der Waals surface area contributed by atoms with E-state index < -0.39 is 9.84 Å². The zero-order valence-corrected chi connectivity index (χ0v) is 16.0. The molecule has 1 aromatic carbocycles. The van der Waals surface area contributed by atoms with E-state index in [1.807, 2.05) is 31.2 Å². The molecule has 0 radical (unpaired) electrons. The van der Waals surface area contributed by atoms with Crippen LogP contribution in [-0.2, 0) is 16.4 Å². The summed E-state index contributed by atoms with van der Waals surface area (Å²) in [4.78, 5) is 4.38. The van der Waals surface area contributed by atoms with Crippen LogP contribution in [0.5, 0.6) is 0 Å². The second-order valence-corrected chi connectivity index (χ2v) is 7.01. The summed E-state index contributed by atoms with van der Waals surface area (Å²) < 4.78 is 22.2. The van der Waals surface area contributed by atoms with Gasteiger partial charge in [0.05, 0.1) is 12.3 Å². The molecule has 0 aliphatic carbocycles. The Morgan fingerprint density at radius 3 is 2.52 bits per heavy atom. The van der Waals surface area contributed by atoms with Crippen molar-refractivity contribution in [3.63, 3.8) is 0 Å². The zero-order chi connectivity index (χ0) is 15.0. The molecule has 0 heterocycles. The summed E-state index contributed by atoms with van der Waals surface area (Å²) in [5.41, 5.74) is 0.925. The van der Waals surface area contributed by atoms with Gasteiger partial charge in [-0.3, -0.25) is 0 Å². The van der Waals surface area contributed by atoms with Gasteiger partial charge in [0, 0.05) is 24.4 Å². The van der Waals surface area contributed by atoms with Gasteiger partial charge in [0.25, 0.3) is 0 Å². The lowest BCUT2D eigenvalue weighted by Gasteiger charge is -2.11. The predicted molar refractivity (Wildman–Crippen MR) is 99.4 cm³/mol. The van der Waals surface area contributed by atoms with Gasteiger partial charge < -0.3 is 10.6 Å². The zero-order valence-electron chi connectivity index (χ0n) is 12.1. The molecular formula is C13H21ClIN3O2S. The Kier molecular flexibility index (Phi) is 9.97. The highest BCUT2D eigenvalue weighted by atomic mass is 127. The molecule has 0 saturated heterocycles. The third-order valence-corrected chi connectivity index (χ3v) is 3.79. The van der Waals surface area contributed by atoms with Gasteiger partial charge >= 0.3 is 0 Å². The van der Waals surface area contributed by atoms with Crippen LogP contribution in [0.4, 0.5) is 0 Å². The molecule has 0 aliphatic heterocycles. The third kappa shape index (κ3) is 9.15. The first kappa shape index (κ1) is 20.5. The second kappa shape index (κ2) is 10.2. The van der Waals surface area contributed by atoms with Gasteiger partial charge in [-0.1, -0.05) is 29.8 Å². The van der Waals surface area contributed by atoms with Crippen LogP contribution in [0.2, 0.25) is 5.02 Å². The van der Waals surface area contributed by atoms with Crippen molar-refractivity contribution in [2.24, 2.45) is 4.99 Å². The molecule has 1 rings (SSSR count). The number of hydrogen-bond acceptors (Lipinski definition) is 3. The molecule has 0 aromatic heterocycles. The van der Waals surface area contributed by atoms with Gasteiger partial charge in [0.2, 0.25) is 0 Å². The standard InChI is InChI=1S/C13H20ClN3O2S.HI/c1-3-15-13(16-8-9-20(2,18)19)17-10-11-6-4-5-7-12(11)14;/h4-7H,3,8-10H2,1-2H3,(H2,15,16,17);1H. The first-order chi connectivity index (χ1) is 9.42. The summed E-state index contributed by atoms with van der Waals surface area (Å²) in [6.07, 6.45) is 1.21. The Labute approximate surface area is 148 Å². The lowest BCUT2D eigenvalue weighted by molar-refractivity contribution is 0.600. The minimum atomic E-state index is -2.97. The number of nitrogens with zero attached hydrogens (tertiary/aromatic N) is 1. The minimum Gasteiger partial charge on any atom is -0.357 e. The topological polar surface area (TPSA) is 70.6 Å². The summed E-state index contributed by atoms with van der Waals surface area (Å²) >= 11 is 6.06. The number of benzene rings is 1. The van der Waals surface area contributed by atoms with E-state index >= 15 is 0 Å². The molecule has 5 nitrogen and oxygen atoms in total. The molecule has 1 aromatic rings. The maximum absolute atomic E-state index is 11.1. The van der Waals surface area contributed by atoms with E-state index in [0.717, 1.165) is 5.56 Å². The van der Waals surface area contributed by atoms with Gasteiger partial charge in [-0.25, -0.2) is 13.4 Å². The van der Waals surface area contributed by atoms with Crippen LogP contribution >= 0.6 is 35.6 Å². The van der Waals surface area contributed by atoms with E-state index in [1.54, 1.807) is 0 Å². The van der Waals surface area contributed by atoms with Crippen LogP contribution in [-0.4, -0.2) is 39.5 Å². The van der Waals surface area contributed by atoms with Crippen LogP contribution in [0.1, 0.15) is 12.5 Å². The van der Waals surface area contributed by atoms with Crippen molar-refractivity contribution >= 4 is 51.4 Å². The number of nitrogens with one attached hydrogen (secondary N) is 2. The largest absolute Gasteiger partial charge is 0.357 e. The van der Waals surface area contributed by atoms with E-state index in [4.69, 9.17) is 11.6 Å². The molecular weight excluding hydrogens is 425 g/mol. The predicted octanol–water partition coefficient (Wildman–Crippen LogP) is 2.06. The first-order valence-electron chi connectivity index (χ1n) is 6.35. The van der Waals surface area contributed by atoms with E-state index in [0.29, 0.717) is 30.6 Å². The molecule has 0 saturated carbocycles. The molecule has 120 valence electrons. The number of sulfone groups is 1. The van der Waals surface area contributed by atoms with Gasteiger partial charge in [0.1, 0.15) is 9.84 Å². The van der Waals surface area contributed by atoms with Gasteiger partial charge in [-0.05, 0) is 18.6 Å². The van der Waals surface area contributed by atoms with Crippen molar-refractivity contribution in [1.29, 1.82) is 0 Å². The number of rotatable bonds is 6. The molecule has 0 spiro atoms. The lowest BCUT2D eigenvalue weighted by Crippen LogP contribution is -2.39. The lowest BCUT2D eigenvalue weighted by atomic mass is 10.2. The first-order valence-corrected chi connectivity index (χ1v) is 8.79. The van der Waals surface area contributed by atoms with Crippen LogP contribution in [0.3, 0.4) is 0 Å². The summed E-state index contributed by atoms with van der Waals surface area (Å²) in [5.74, 6) is 0.653. The van der Waals surface area contributed by atoms with E-state index in [9.17, 15) is 8.42 Å². The fourth-order valence-electron chi connectivity index (χ4n) is 1.49. The maximum atomic E-state index is 11.1. The smallest absolute Gasteiger partial charge is 0.191 e. The number of hydrogen-bond donors (Lipinski definition) is 2. The second-order valence-electron chi connectivity index (χ2n) is 4.34. The summed E-state index contributed by atoms with van der Waals surface area (Å²) in [5, 5.41) is 6.71. The maximum Gasteiger partial charge on any atom is 0.191 e. The average molecular weight is 446 g/mol. The van der Waals surface area contributed by atoms with E-state index in [2.05, 4.69) is 15.6 Å². The van der Waals surface area contributed by atoms with Crippen LogP contribution in [0.15, 0.2) is 29.3 Å². The van der Waals surface area contributed by atoms with Gasteiger partial charge in [-0.2, -0.15) is 0 Å². The minimum absolute atomic E-state index is 0. The summed E-state index contributed by atoms with van der Waals surface area (Å²) in [6, 6.07) is 7.49. The Morgan fingerprint density at radius 1 is 1.29 bits per heavy atom. The van der Waals surface area contributed by atoms with Crippen LogP contribution in [0.25, 0.3) is 0 Å². The Bertz CT molecular complexity index is 564. The molecule has 0 bridgehead atoms. The molecule has 2 N–H and O–H groups in total. The monoisotopic (exact) mass is 445 g/mol. The third-order valence-electron chi connectivity index (χ3n) is 2.47. The van der Waals surface area contributed by atoms with Crippen molar-refractivity contribution in [2.75, 3.05) is 25.1 Å². The van der Waals surface area contributed by atoms with Crippen molar-refractivity contribution in [2.45, 2.75) is 13.5 Å². The van der Waals surface area contributed by atoms with Gasteiger partial charge in [-0.15, -0.1) is 24.0 Å². The van der Waals surface area contributed by atoms with Crippen molar-refractivity contribution < 1.29 is 8.42 Å². The number of halogens is 2. The Balaban J connectivity index is 0.00000400. The van der Waals surface area contributed by atoms with Crippen molar-refractivity contribution in [1.82, 2.24) is 10.6 Å². The molecule has 0 amide bonds. The SMILES string of the molecule is CCNC(=NCc1ccccc1Cl)NCCS(C)(=O)=O.I. The fourth-order valence-corrected chi connectivity index (χ4v) is 2.16. The normalized spacial score (nSPS) is 11.7. The highest BCUT2D eigenvalue weighted by Crippen LogP contribution is 2.15. The molecule has 0 atom stereocenters. The van der Waals surface area contributed by atoms with Crippen LogP contribution in [0, 0.1) is 0 Å². The van der Waals surface area contributed by atoms with Crippen molar-refractivity contribution in [3.8, 4) is 0 Å². The average Bonchev–Trinajstić information content (AvgIpc) is 2.36. The number of aliphatic imine (C=N–C) groups is 1.